The molecule has 2 N–H and O–H groups in total. The number of ether oxygens (including phenoxy) is 1. The highest BCUT2D eigenvalue weighted by molar-refractivity contribution is 7.92. The molecule has 0 aliphatic carbocycles. The summed E-state index contributed by atoms with van der Waals surface area (Å²) in [5.41, 5.74) is 6.20. The Bertz CT molecular complexity index is 475. The van der Waals surface area contributed by atoms with Gasteiger partial charge in [-0.05, 0) is 32.9 Å². The van der Waals surface area contributed by atoms with Gasteiger partial charge in [-0.3, -0.25) is 0 Å². The number of sulfone groups is 1. The number of hydrogen-bond donors (Lipinski definition) is 1. The van der Waals surface area contributed by atoms with Crippen molar-refractivity contribution in [2.75, 3.05) is 18.1 Å². The largest absolute Gasteiger partial charge is 0.490 e. The zero-order chi connectivity index (χ0) is 13.1. The van der Waals surface area contributed by atoms with Gasteiger partial charge in [0.1, 0.15) is 12.4 Å². The Hall–Kier alpha value is -1.23. The summed E-state index contributed by atoms with van der Waals surface area (Å²) in [6, 6.07) is 7.03. The number of hydrogen-bond acceptors (Lipinski definition) is 4. The summed E-state index contributed by atoms with van der Waals surface area (Å²) in [4.78, 5) is 0. The van der Waals surface area contributed by atoms with Gasteiger partial charge in [-0.2, -0.15) is 0 Å². The van der Waals surface area contributed by atoms with Crippen molar-refractivity contribution in [3.05, 3.63) is 24.3 Å². The van der Waals surface area contributed by atoms with Crippen molar-refractivity contribution in [2.24, 2.45) is 0 Å². The molecule has 1 aromatic carbocycles. The highest BCUT2D eigenvalue weighted by Gasteiger charge is 2.28. The summed E-state index contributed by atoms with van der Waals surface area (Å²) >= 11 is 0. The molecule has 0 saturated carbocycles. The van der Waals surface area contributed by atoms with E-state index >= 15 is 0 Å². The number of para-hydroxylation sites is 2. The molecule has 0 radical (unpaired) electrons. The van der Waals surface area contributed by atoms with Crippen LogP contribution >= 0.6 is 0 Å². The maximum atomic E-state index is 11.8. The van der Waals surface area contributed by atoms with Crippen molar-refractivity contribution in [3.63, 3.8) is 0 Å². The summed E-state index contributed by atoms with van der Waals surface area (Å²) in [5.74, 6) is 0.516. The minimum atomic E-state index is -3.15. The standard InChI is InChI=1S/C12H19NO3S/c1-12(2,3)17(14,15)9-8-16-11-7-5-4-6-10(11)13/h4-7H,8-9,13H2,1-3H3. The van der Waals surface area contributed by atoms with Crippen LogP contribution in [0.25, 0.3) is 0 Å². The van der Waals surface area contributed by atoms with Crippen LogP contribution in [-0.2, 0) is 9.84 Å². The Balaban J connectivity index is 2.58. The van der Waals surface area contributed by atoms with Crippen LogP contribution in [0, 0.1) is 0 Å². The third kappa shape index (κ3) is 3.63. The maximum absolute atomic E-state index is 11.8. The van der Waals surface area contributed by atoms with Crippen molar-refractivity contribution in [1.29, 1.82) is 0 Å². The monoisotopic (exact) mass is 257 g/mol. The normalized spacial score (nSPS) is 12.4. The van der Waals surface area contributed by atoms with E-state index in [0.29, 0.717) is 11.4 Å². The second-order valence-electron chi connectivity index (χ2n) is 4.82. The molecule has 0 saturated heterocycles. The lowest BCUT2D eigenvalue weighted by Gasteiger charge is -2.19. The van der Waals surface area contributed by atoms with E-state index in [1.165, 1.54) is 0 Å². The third-order valence-electron chi connectivity index (χ3n) is 2.46. The van der Waals surface area contributed by atoms with Crippen LogP contribution in [-0.4, -0.2) is 25.5 Å². The van der Waals surface area contributed by atoms with Crippen LogP contribution in [0.2, 0.25) is 0 Å². The first-order valence-electron chi connectivity index (χ1n) is 5.43. The van der Waals surface area contributed by atoms with Crippen molar-refractivity contribution < 1.29 is 13.2 Å². The Morgan fingerprint density at radius 2 is 1.82 bits per heavy atom. The fourth-order valence-corrected chi connectivity index (χ4v) is 2.09. The lowest BCUT2D eigenvalue weighted by molar-refractivity contribution is 0.341. The molecular weight excluding hydrogens is 238 g/mol. The number of nitrogen functional groups attached to an aromatic ring is 1. The molecule has 4 nitrogen and oxygen atoms in total. The Kier molecular flexibility index (Phi) is 4.03. The first-order valence-corrected chi connectivity index (χ1v) is 7.09. The maximum Gasteiger partial charge on any atom is 0.158 e. The SMILES string of the molecule is CC(C)(C)S(=O)(=O)CCOc1ccccc1N. The summed E-state index contributed by atoms with van der Waals surface area (Å²) in [5, 5.41) is 0. The Labute approximate surface area is 103 Å². The van der Waals surface area contributed by atoms with Crippen LogP contribution in [0.15, 0.2) is 24.3 Å². The fraction of sp³-hybridized carbons (Fsp3) is 0.500. The molecule has 1 rings (SSSR count). The smallest absolute Gasteiger partial charge is 0.158 e. The zero-order valence-corrected chi connectivity index (χ0v) is 11.3. The van der Waals surface area contributed by atoms with Crippen LogP contribution in [0.3, 0.4) is 0 Å². The van der Waals surface area contributed by atoms with Crippen LogP contribution in [0.1, 0.15) is 20.8 Å². The van der Waals surface area contributed by atoms with E-state index in [2.05, 4.69) is 0 Å². The van der Waals surface area contributed by atoms with Gasteiger partial charge in [0.15, 0.2) is 9.84 Å². The molecule has 0 aromatic heterocycles. The molecule has 0 amide bonds. The molecule has 0 unspecified atom stereocenters. The quantitative estimate of drug-likeness (QED) is 0.836. The number of benzene rings is 1. The van der Waals surface area contributed by atoms with Gasteiger partial charge in [0.25, 0.3) is 0 Å². The average molecular weight is 257 g/mol. The number of anilines is 1. The minimum absolute atomic E-state index is 0.00909. The molecule has 96 valence electrons. The summed E-state index contributed by atoms with van der Waals surface area (Å²) in [7, 11) is -3.15. The highest BCUT2D eigenvalue weighted by atomic mass is 32.2. The van der Waals surface area contributed by atoms with E-state index in [0.717, 1.165) is 0 Å². The molecule has 0 bridgehead atoms. The van der Waals surface area contributed by atoms with E-state index in [-0.39, 0.29) is 12.4 Å². The number of rotatable bonds is 4. The Morgan fingerprint density at radius 1 is 1.24 bits per heavy atom. The molecular formula is C12H19NO3S. The fourth-order valence-electron chi connectivity index (χ4n) is 1.18. The van der Waals surface area contributed by atoms with E-state index in [1.807, 2.05) is 0 Å². The molecule has 5 heteroatoms. The average Bonchev–Trinajstić information content (AvgIpc) is 2.19. The molecule has 17 heavy (non-hydrogen) atoms. The summed E-state index contributed by atoms with van der Waals surface area (Å²) in [6.45, 7) is 5.16. The predicted octanol–water partition coefficient (Wildman–Crippen LogP) is 1.86. The molecule has 0 heterocycles. The predicted molar refractivity (Wildman–Crippen MR) is 69.9 cm³/mol. The van der Waals surface area contributed by atoms with Crippen LogP contribution in [0.4, 0.5) is 5.69 Å². The van der Waals surface area contributed by atoms with Crippen molar-refractivity contribution in [2.45, 2.75) is 25.5 Å². The zero-order valence-electron chi connectivity index (χ0n) is 10.4. The lowest BCUT2D eigenvalue weighted by Crippen LogP contribution is -2.32. The van der Waals surface area contributed by atoms with Gasteiger partial charge in [0.05, 0.1) is 16.2 Å². The van der Waals surface area contributed by atoms with Crippen molar-refractivity contribution in [1.82, 2.24) is 0 Å². The first kappa shape index (κ1) is 13.8. The minimum Gasteiger partial charge on any atom is -0.490 e. The van der Waals surface area contributed by atoms with Gasteiger partial charge >= 0.3 is 0 Å². The Morgan fingerprint density at radius 3 is 2.35 bits per heavy atom. The second-order valence-corrected chi connectivity index (χ2v) is 7.68. The van der Waals surface area contributed by atoms with Crippen LogP contribution < -0.4 is 10.5 Å². The molecule has 0 atom stereocenters. The van der Waals surface area contributed by atoms with Crippen molar-refractivity contribution >= 4 is 15.5 Å². The molecule has 0 fully saturated rings. The molecule has 0 aliphatic heterocycles. The van der Waals surface area contributed by atoms with E-state index < -0.39 is 14.6 Å². The van der Waals surface area contributed by atoms with E-state index in [1.54, 1.807) is 45.0 Å². The lowest BCUT2D eigenvalue weighted by atomic mass is 10.3. The van der Waals surface area contributed by atoms with Gasteiger partial charge in [-0.25, -0.2) is 8.42 Å². The van der Waals surface area contributed by atoms with Gasteiger partial charge < -0.3 is 10.5 Å². The second kappa shape index (κ2) is 4.96. The van der Waals surface area contributed by atoms with Gasteiger partial charge in [0.2, 0.25) is 0 Å². The highest BCUT2D eigenvalue weighted by Crippen LogP contribution is 2.21. The van der Waals surface area contributed by atoms with Gasteiger partial charge in [-0.1, -0.05) is 12.1 Å². The van der Waals surface area contributed by atoms with Gasteiger partial charge in [0, 0.05) is 0 Å². The van der Waals surface area contributed by atoms with E-state index in [9.17, 15) is 8.42 Å². The summed E-state index contributed by atoms with van der Waals surface area (Å²) in [6.07, 6.45) is 0. The first-order chi connectivity index (χ1) is 7.74. The molecule has 0 aliphatic rings. The van der Waals surface area contributed by atoms with E-state index in [4.69, 9.17) is 10.5 Å². The molecule has 1 aromatic rings. The van der Waals surface area contributed by atoms with Crippen molar-refractivity contribution in [3.8, 4) is 5.75 Å². The third-order valence-corrected chi connectivity index (χ3v) is 5.03. The summed E-state index contributed by atoms with van der Waals surface area (Å²) < 4.78 is 28.2. The van der Waals surface area contributed by atoms with Gasteiger partial charge in [-0.15, -0.1) is 0 Å². The van der Waals surface area contributed by atoms with Crippen LogP contribution in [0.5, 0.6) is 5.75 Å². The number of nitrogens with two attached hydrogens (primary N) is 1. The molecule has 0 spiro atoms. The topological polar surface area (TPSA) is 69.4 Å².